The number of carbonyl (C=O) groups excluding carboxylic acids is 1. The van der Waals surface area contributed by atoms with Gasteiger partial charge in [0.05, 0.1) is 12.6 Å². The Kier molecular flexibility index (Phi) is 3.81. The van der Waals surface area contributed by atoms with E-state index in [-0.39, 0.29) is 0 Å². The van der Waals surface area contributed by atoms with Crippen molar-refractivity contribution in [2.45, 2.75) is 45.1 Å². The van der Waals surface area contributed by atoms with Crippen molar-refractivity contribution in [2.75, 3.05) is 39.3 Å². The Morgan fingerprint density at radius 3 is 2.53 bits per heavy atom. The van der Waals surface area contributed by atoms with Gasteiger partial charge in [0.2, 0.25) is 5.91 Å². The molecule has 4 nitrogen and oxygen atoms in total. The number of likely N-dealkylation sites (tertiary alicyclic amines) is 2. The highest BCUT2D eigenvalue weighted by molar-refractivity contribution is 5.79. The molecule has 4 heteroatoms. The van der Waals surface area contributed by atoms with Crippen LogP contribution in [0.4, 0.5) is 0 Å². The summed E-state index contributed by atoms with van der Waals surface area (Å²) in [7, 11) is 0. The monoisotopic (exact) mass is 266 g/mol. The number of carbonyl (C=O) groups is 1. The lowest BCUT2D eigenvalue weighted by Gasteiger charge is -2.58. The van der Waals surface area contributed by atoms with E-state index in [1.807, 2.05) is 0 Å². The lowest BCUT2D eigenvalue weighted by molar-refractivity contribution is -0.171. The molecule has 2 saturated heterocycles. The summed E-state index contributed by atoms with van der Waals surface area (Å²) >= 11 is 0. The number of ether oxygens (including phenoxy) is 1. The molecule has 3 aliphatic rings. The molecule has 3 fully saturated rings. The zero-order valence-corrected chi connectivity index (χ0v) is 12.1. The topological polar surface area (TPSA) is 32.8 Å². The van der Waals surface area contributed by atoms with Gasteiger partial charge in [0.25, 0.3) is 0 Å². The van der Waals surface area contributed by atoms with Crippen molar-refractivity contribution < 1.29 is 9.53 Å². The van der Waals surface area contributed by atoms with Crippen LogP contribution in [0, 0.1) is 5.41 Å². The molecule has 0 aromatic rings. The first kappa shape index (κ1) is 13.4. The van der Waals surface area contributed by atoms with Crippen molar-refractivity contribution >= 4 is 5.91 Å². The largest absolute Gasteiger partial charge is 0.378 e. The number of nitrogens with zero attached hydrogens (tertiary/aromatic N) is 2. The molecule has 3 rings (SSSR count). The fourth-order valence-electron chi connectivity index (χ4n) is 3.87. The first-order chi connectivity index (χ1) is 9.21. The van der Waals surface area contributed by atoms with Crippen LogP contribution < -0.4 is 0 Å². The molecular weight excluding hydrogens is 240 g/mol. The van der Waals surface area contributed by atoms with Gasteiger partial charge in [-0.2, -0.15) is 0 Å². The van der Waals surface area contributed by atoms with Crippen LogP contribution in [-0.4, -0.2) is 61.1 Å². The van der Waals surface area contributed by atoms with Gasteiger partial charge >= 0.3 is 0 Å². The molecule has 0 radical (unpaired) electrons. The van der Waals surface area contributed by atoms with E-state index in [0.717, 1.165) is 45.6 Å². The van der Waals surface area contributed by atoms with Gasteiger partial charge in [-0.1, -0.05) is 6.42 Å². The van der Waals surface area contributed by atoms with Crippen molar-refractivity contribution in [2.24, 2.45) is 5.41 Å². The summed E-state index contributed by atoms with van der Waals surface area (Å²) in [4.78, 5) is 16.6. The first-order valence-electron chi connectivity index (χ1n) is 7.82. The Morgan fingerprint density at radius 2 is 1.89 bits per heavy atom. The Balaban J connectivity index is 1.37. The van der Waals surface area contributed by atoms with E-state index in [0.29, 0.717) is 24.0 Å². The minimum Gasteiger partial charge on any atom is -0.378 e. The summed E-state index contributed by atoms with van der Waals surface area (Å²) in [5.74, 6) is 0.340. The predicted molar refractivity (Wildman–Crippen MR) is 74.0 cm³/mol. The maximum absolute atomic E-state index is 12.2. The van der Waals surface area contributed by atoms with Gasteiger partial charge in [-0.15, -0.1) is 0 Å². The van der Waals surface area contributed by atoms with Gasteiger partial charge in [0, 0.05) is 25.1 Å². The van der Waals surface area contributed by atoms with Gasteiger partial charge in [0.15, 0.2) is 0 Å². The van der Waals surface area contributed by atoms with Crippen LogP contribution in [0.5, 0.6) is 0 Å². The van der Waals surface area contributed by atoms with E-state index in [9.17, 15) is 4.79 Å². The molecule has 108 valence electrons. The lowest BCUT2D eigenvalue weighted by Crippen LogP contribution is -2.66. The standard InChI is InChI=1S/C15H26N2O2/c1-2-19-13-8-15(9-13)11-17(12-15)14(18)10-16-6-4-3-5-7-16/h13H,2-12H2,1H3. The molecule has 0 unspecified atom stereocenters. The Morgan fingerprint density at radius 1 is 1.21 bits per heavy atom. The fraction of sp³-hybridized carbons (Fsp3) is 0.933. The van der Waals surface area contributed by atoms with E-state index in [1.165, 1.54) is 19.3 Å². The third kappa shape index (κ3) is 2.79. The molecule has 0 atom stereocenters. The molecule has 0 N–H and O–H groups in total. The van der Waals surface area contributed by atoms with Crippen LogP contribution in [0.3, 0.4) is 0 Å². The van der Waals surface area contributed by atoms with Gasteiger partial charge in [-0.3, -0.25) is 9.69 Å². The number of hydrogen-bond donors (Lipinski definition) is 0. The van der Waals surface area contributed by atoms with Crippen molar-refractivity contribution in [1.29, 1.82) is 0 Å². The fourth-order valence-corrected chi connectivity index (χ4v) is 3.87. The minimum atomic E-state index is 0.340. The molecule has 0 aromatic carbocycles. The van der Waals surface area contributed by atoms with Crippen molar-refractivity contribution in [3.8, 4) is 0 Å². The van der Waals surface area contributed by atoms with Crippen molar-refractivity contribution in [3.63, 3.8) is 0 Å². The molecule has 2 aliphatic heterocycles. The van der Waals surface area contributed by atoms with Gasteiger partial charge in [0.1, 0.15) is 0 Å². The maximum Gasteiger partial charge on any atom is 0.236 e. The summed E-state index contributed by atoms with van der Waals surface area (Å²) < 4.78 is 5.61. The molecule has 1 spiro atoms. The molecule has 0 aromatic heterocycles. The molecule has 1 aliphatic carbocycles. The minimum absolute atomic E-state index is 0.340. The zero-order valence-electron chi connectivity index (χ0n) is 12.1. The zero-order chi connectivity index (χ0) is 13.3. The highest BCUT2D eigenvalue weighted by atomic mass is 16.5. The van der Waals surface area contributed by atoms with E-state index >= 15 is 0 Å². The van der Waals surface area contributed by atoms with Crippen molar-refractivity contribution in [3.05, 3.63) is 0 Å². The smallest absolute Gasteiger partial charge is 0.236 e. The van der Waals surface area contributed by atoms with Crippen LogP contribution in [-0.2, 0) is 9.53 Å². The number of rotatable bonds is 4. The number of piperidine rings is 1. The molecular formula is C15H26N2O2. The Bertz CT molecular complexity index is 325. The number of hydrogen-bond acceptors (Lipinski definition) is 3. The molecule has 0 bridgehead atoms. The summed E-state index contributed by atoms with van der Waals surface area (Å²) in [6, 6.07) is 0. The second-order valence-corrected chi connectivity index (χ2v) is 6.57. The summed E-state index contributed by atoms with van der Waals surface area (Å²) in [5.41, 5.74) is 0.428. The Hall–Kier alpha value is -0.610. The van der Waals surface area contributed by atoms with Crippen LogP contribution in [0.25, 0.3) is 0 Å². The average Bonchev–Trinajstić information content (AvgIpc) is 2.31. The van der Waals surface area contributed by atoms with Gasteiger partial charge in [-0.05, 0) is 45.7 Å². The van der Waals surface area contributed by atoms with Gasteiger partial charge in [-0.25, -0.2) is 0 Å². The lowest BCUT2D eigenvalue weighted by atomic mass is 9.61. The molecule has 2 heterocycles. The van der Waals surface area contributed by atoms with E-state index < -0.39 is 0 Å². The van der Waals surface area contributed by atoms with Crippen LogP contribution in [0.15, 0.2) is 0 Å². The van der Waals surface area contributed by atoms with Crippen LogP contribution >= 0.6 is 0 Å². The normalized spacial score (nSPS) is 27.1. The molecule has 1 saturated carbocycles. The summed E-state index contributed by atoms with van der Waals surface area (Å²) in [5, 5.41) is 0. The van der Waals surface area contributed by atoms with Gasteiger partial charge < -0.3 is 9.64 Å². The highest BCUT2D eigenvalue weighted by Crippen LogP contribution is 2.49. The van der Waals surface area contributed by atoms with E-state index in [2.05, 4.69) is 16.7 Å². The first-order valence-corrected chi connectivity index (χ1v) is 7.82. The predicted octanol–water partition coefficient (Wildman–Crippen LogP) is 1.50. The van der Waals surface area contributed by atoms with Crippen LogP contribution in [0.2, 0.25) is 0 Å². The second-order valence-electron chi connectivity index (χ2n) is 6.57. The van der Waals surface area contributed by atoms with E-state index in [4.69, 9.17) is 4.74 Å². The van der Waals surface area contributed by atoms with E-state index in [1.54, 1.807) is 0 Å². The van der Waals surface area contributed by atoms with Crippen molar-refractivity contribution in [1.82, 2.24) is 9.80 Å². The third-order valence-corrected chi connectivity index (χ3v) is 4.94. The molecule has 1 amide bonds. The Labute approximate surface area is 116 Å². The molecule has 19 heavy (non-hydrogen) atoms. The summed E-state index contributed by atoms with van der Waals surface area (Å²) in [6.45, 7) is 7.68. The SMILES string of the molecule is CCOC1CC2(C1)CN(C(=O)CN1CCCCC1)C2. The third-order valence-electron chi connectivity index (χ3n) is 4.94. The quantitative estimate of drug-likeness (QED) is 0.773. The highest BCUT2D eigenvalue weighted by Gasteiger charge is 2.53. The average molecular weight is 266 g/mol. The second kappa shape index (κ2) is 5.41. The maximum atomic E-state index is 12.2. The van der Waals surface area contributed by atoms with Crippen LogP contribution in [0.1, 0.15) is 39.0 Å². The summed E-state index contributed by atoms with van der Waals surface area (Å²) in [6.07, 6.45) is 6.63. The number of amides is 1.